The Morgan fingerprint density at radius 1 is 0.982 bits per heavy atom. The molecule has 0 saturated heterocycles. The zero-order valence-corrected chi connectivity index (χ0v) is 34.5. The van der Waals surface area contributed by atoms with Gasteiger partial charge in [0.05, 0.1) is 24.4 Å². The van der Waals surface area contributed by atoms with E-state index >= 15 is 0 Å². The van der Waals surface area contributed by atoms with Crippen LogP contribution < -0.4 is 10.6 Å². The second kappa shape index (κ2) is 25.8. The van der Waals surface area contributed by atoms with Gasteiger partial charge >= 0.3 is 5.97 Å². The molecule has 2 aromatic rings. The quantitative estimate of drug-likeness (QED) is 0.0435. The Hall–Kier alpha value is -3.53. The predicted octanol–water partition coefficient (Wildman–Crippen LogP) is 6.26. The van der Waals surface area contributed by atoms with Gasteiger partial charge in [-0.1, -0.05) is 93.9 Å². The fraction of sp³-hybridized carbons (Fsp3) is 0.596. The first-order valence-corrected chi connectivity index (χ1v) is 21.2. The molecule has 10 nitrogen and oxygen atoms in total. The lowest BCUT2D eigenvalue weighted by Crippen LogP contribution is -2.56. The number of unbranched alkanes of at least 4 members (excludes halogenated alkanes) is 2. The summed E-state index contributed by atoms with van der Waals surface area (Å²) < 4.78 is 0. The lowest BCUT2D eigenvalue weighted by atomic mass is 9.74. The number of carboxylic acids is 1. The van der Waals surface area contributed by atoms with Crippen LogP contribution in [0.1, 0.15) is 133 Å². The van der Waals surface area contributed by atoms with E-state index in [0.29, 0.717) is 64.3 Å². The summed E-state index contributed by atoms with van der Waals surface area (Å²) >= 11 is 0. The number of benzene rings is 2. The molecule has 57 heavy (non-hydrogen) atoms. The number of hydrogen-bond acceptors (Lipinski definition) is 9. The van der Waals surface area contributed by atoms with Crippen LogP contribution in [0.3, 0.4) is 0 Å². The van der Waals surface area contributed by atoms with Crippen LogP contribution in [0.15, 0.2) is 71.8 Å². The third-order valence-electron chi connectivity index (χ3n) is 11.3. The van der Waals surface area contributed by atoms with E-state index in [9.17, 15) is 40.5 Å². The topological polar surface area (TPSA) is 183 Å². The number of aryl methyl sites for hydroxylation is 1. The Morgan fingerprint density at radius 3 is 2.42 bits per heavy atom. The number of phenolic OH excluding ortho intramolecular Hbond substituents is 1. The van der Waals surface area contributed by atoms with Crippen molar-refractivity contribution in [2.45, 2.75) is 159 Å². The van der Waals surface area contributed by atoms with E-state index in [2.05, 4.69) is 35.5 Å². The van der Waals surface area contributed by atoms with Gasteiger partial charge in [-0.3, -0.25) is 4.79 Å². The molecule has 0 spiro atoms. The van der Waals surface area contributed by atoms with Crippen LogP contribution in [0.4, 0.5) is 0 Å². The molecule has 1 aliphatic heterocycles. The van der Waals surface area contributed by atoms with Crippen molar-refractivity contribution in [3.63, 3.8) is 0 Å². The van der Waals surface area contributed by atoms with Gasteiger partial charge in [0.2, 0.25) is 0 Å². The average Bonchev–Trinajstić information content (AvgIpc) is 3.19. The Balaban J connectivity index is 2.25. The summed E-state index contributed by atoms with van der Waals surface area (Å²) in [6.07, 6.45) is 10.8. The summed E-state index contributed by atoms with van der Waals surface area (Å²) in [4.78, 5) is 11.5. The van der Waals surface area contributed by atoms with Crippen LogP contribution in [0.25, 0.3) is 0 Å². The minimum absolute atomic E-state index is 0.0101. The minimum Gasteiger partial charge on any atom is -0.508 e. The number of aliphatic hydroxyl groups excluding tert-OH is 4. The molecule has 0 fully saturated rings. The Kier molecular flexibility index (Phi) is 21.6. The Morgan fingerprint density at radius 2 is 1.74 bits per heavy atom. The number of rotatable bonds is 24. The first-order valence-electron chi connectivity index (χ1n) is 21.2. The van der Waals surface area contributed by atoms with Gasteiger partial charge < -0.3 is 46.4 Å². The summed E-state index contributed by atoms with van der Waals surface area (Å²) in [5.41, 5.74) is 3.14. The van der Waals surface area contributed by atoms with E-state index in [0.717, 1.165) is 47.1 Å². The molecule has 0 radical (unpaired) electrons. The molecule has 0 amide bonds. The molecule has 0 aromatic heterocycles. The van der Waals surface area contributed by atoms with Gasteiger partial charge in [-0.05, 0) is 112 Å². The monoisotopic (exact) mass is 791 g/mol. The molecular weight excluding hydrogens is 721 g/mol. The highest BCUT2D eigenvalue weighted by Crippen LogP contribution is 2.38. The molecule has 316 valence electrons. The molecule has 0 saturated carbocycles. The van der Waals surface area contributed by atoms with Crippen molar-refractivity contribution in [2.24, 2.45) is 0 Å². The van der Waals surface area contributed by atoms with E-state index in [-0.39, 0.29) is 37.7 Å². The van der Waals surface area contributed by atoms with E-state index < -0.39 is 48.4 Å². The number of nitrogens with one attached hydrogen (secondary N) is 2. The molecule has 7 atom stereocenters. The first kappa shape index (κ1) is 47.8. The number of fused-ring (bicyclic) bond motifs is 1. The SMILES string of the molecule is CCCCCC(O)C=CC1=C(CC(O)CO)C(CCCC(CCC(=O)O)NCC)NC(C(C)(O)C(CCCO)c2ccc(O)cc2)CC#Cc2ccccc2CC1. The van der Waals surface area contributed by atoms with Crippen LogP contribution in [0, 0.1) is 11.8 Å². The molecule has 3 rings (SSSR count). The molecule has 0 aliphatic carbocycles. The largest absolute Gasteiger partial charge is 0.508 e. The number of carbonyl (C=O) groups is 1. The molecule has 1 heterocycles. The van der Waals surface area contributed by atoms with E-state index in [1.807, 2.05) is 37.3 Å². The van der Waals surface area contributed by atoms with Gasteiger partial charge in [0, 0.05) is 49.1 Å². The maximum absolute atomic E-state index is 12.8. The lowest BCUT2D eigenvalue weighted by Gasteiger charge is -2.42. The first-order chi connectivity index (χ1) is 27.4. The highest BCUT2D eigenvalue weighted by atomic mass is 16.4. The highest BCUT2D eigenvalue weighted by Gasteiger charge is 2.41. The van der Waals surface area contributed by atoms with Crippen LogP contribution in [0.2, 0.25) is 0 Å². The summed E-state index contributed by atoms with van der Waals surface area (Å²) in [5, 5.41) is 82.0. The third kappa shape index (κ3) is 16.3. The maximum atomic E-state index is 12.8. The molecule has 0 bridgehead atoms. The maximum Gasteiger partial charge on any atom is 0.303 e. The van der Waals surface area contributed by atoms with Crippen molar-refractivity contribution in [1.29, 1.82) is 0 Å². The molecule has 10 heteroatoms. The molecule has 1 aliphatic rings. The molecule has 2 aromatic carbocycles. The Labute approximate surface area is 341 Å². The number of aliphatic carboxylic acids is 1. The van der Waals surface area contributed by atoms with Crippen LogP contribution in [-0.2, 0) is 11.2 Å². The summed E-state index contributed by atoms with van der Waals surface area (Å²) in [6, 6.07) is 13.8. The molecule has 9 N–H and O–H groups in total. The third-order valence-corrected chi connectivity index (χ3v) is 11.3. The van der Waals surface area contributed by atoms with Crippen molar-refractivity contribution in [2.75, 3.05) is 19.8 Å². The minimum atomic E-state index is -1.43. The second-order valence-corrected chi connectivity index (χ2v) is 15.8. The van der Waals surface area contributed by atoms with E-state index in [4.69, 9.17) is 0 Å². The van der Waals surface area contributed by atoms with Gasteiger partial charge in [0.25, 0.3) is 0 Å². The number of hydrogen-bond donors (Lipinski definition) is 9. The zero-order valence-electron chi connectivity index (χ0n) is 34.5. The van der Waals surface area contributed by atoms with Gasteiger partial charge in [0.15, 0.2) is 0 Å². The van der Waals surface area contributed by atoms with E-state index in [1.165, 1.54) is 0 Å². The van der Waals surface area contributed by atoms with Gasteiger partial charge in [-0.2, -0.15) is 0 Å². The average molecular weight is 791 g/mol. The standard InChI is InChI=1S/C47H70N2O8/c1-4-6-7-17-39(52)27-23-36-22-21-35-14-9-8-13-34(35)15-10-20-45(47(3,57)43(18-12-31-50)37-24-28-40(53)29-25-37)49-44(42(36)32-41(54)33-51)19-11-16-38(48-5-2)26-30-46(55)56/h8-9,13-14,23-25,27-29,38-39,41,43-45,48-54,57H,4-7,11-12,16-22,26,30-33H2,1-3H3,(H,55,56). The fourth-order valence-corrected chi connectivity index (χ4v) is 8.05. The highest BCUT2D eigenvalue weighted by molar-refractivity contribution is 5.66. The smallest absolute Gasteiger partial charge is 0.303 e. The van der Waals surface area contributed by atoms with Crippen molar-refractivity contribution < 1.29 is 40.5 Å². The number of phenols is 1. The Bertz CT molecular complexity index is 1590. The van der Waals surface area contributed by atoms with Crippen molar-refractivity contribution in [3.8, 4) is 17.6 Å². The van der Waals surface area contributed by atoms with Crippen molar-refractivity contribution >= 4 is 5.97 Å². The van der Waals surface area contributed by atoms with Crippen LogP contribution in [0.5, 0.6) is 5.75 Å². The van der Waals surface area contributed by atoms with Gasteiger partial charge in [0.1, 0.15) is 5.75 Å². The number of allylic oxidation sites excluding steroid dienone is 2. The van der Waals surface area contributed by atoms with Gasteiger partial charge in [-0.15, -0.1) is 0 Å². The number of aliphatic hydroxyl groups is 5. The molecule has 7 unspecified atom stereocenters. The van der Waals surface area contributed by atoms with E-state index in [1.54, 1.807) is 31.2 Å². The van der Waals surface area contributed by atoms with Crippen molar-refractivity contribution in [3.05, 3.63) is 88.5 Å². The fourth-order valence-electron chi connectivity index (χ4n) is 8.05. The van der Waals surface area contributed by atoms with Crippen LogP contribution >= 0.6 is 0 Å². The van der Waals surface area contributed by atoms with Crippen molar-refractivity contribution in [1.82, 2.24) is 10.6 Å². The predicted molar refractivity (Wildman–Crippen MR) is 227 cm³/mol. The van der Waals surface area contributed by atoms with Gasteiger partial charge in [-0.25, -0.2) is 0 Å². The molecular formula is C47H70N2O8. The number of aromatic hydroxyl groups is 1. The normalized spacial score (nSPS) is 19.6. The lowest BCUT2D eigenvalue weighted by molar-refractivity contribution is -0.137. The summed E-state index contributed by atoms with van der Waals surface area (Å²) in [7, 11) is 0. The second-order valence-electron chi connectivity index (χ2n) is 15.8. The summed E-state index contributed by atoms with van der Waals surface area (Å²) in [5.74, 6) is 5.60. The summed E-state index contributed by atoms with van der Waals surface area (Å²) in [6.45, 7) is 6.13. The number of carboxylic acid groups (broad SMARTS) is 1. The van der Waals surface area contributed by atoms with Crippen LogP contribution in [-0.4, -0.2) is 97.4 Å². The zero-order chi connectivity index (χ0) is 41.6.